The van der Waals surface area contributed by atoms with Crippen LogP contribution in [0.4, 0.5) is 25.0 Å². The van der Waals surface area contributed by atoms with Gasteiger partial charge in [-0.1, -0.05) is 0 Å². The number of anilines is 2. The minimum atomic E-state index is -0.809. The maximum Gasteiger partial charge on any atom is 0.414 e. The van der Waals surface area contributed by atoms with Crippen LogP contribution < -0.4 is 15.1 Å². The molecular formula is C22H23F2N5O4S. The van der Waals surface area contributed by atoms with Gasteiger partial charge >= 0.3 is 6.09 Å². The average molecular weight is 492 g/mol. The maximum atomic E-state index is 15.0. The Morgan fingerprint density at radius 1 is 1.26 bits per heavy atom. The molecular weight excluding hydrogens is 468 g/mol. The van der Waals surface area contributed by atoms with Crippen molar-refractivity contribution in [3.8, 4) is 0 Å². The van der Waals surface area contributed by atoms with Gasteiger partial charge in [0.15, 0.2) is 0 Å². The van der Waals surface area contributed by atoms with E-state index < -0.39 is 29.9 Å². The largest absolute Gasteiger partial charge is 0.474 e. The van der Waals surface area contributed by atoms with Crippen LogP contribution in [0.15, 0.2) is 36.5 Å². The van der Waals surface area contributed by atoms with Crippen molar-refractivity contribution < 1.29 is 27.8 Å². The Hall–Kier alpha value is -3.54. The number of hydrogen-bond acceptors (Lipinski definition) is 7. The molecule has 0 saturated carbocycles. The maximum absolute atomic E-state index is 15.0. The molecule has 180 valence electrons. The first-order valence-corrected chi connectivity index (χ1v) is 11.0. The quantitative estimate of drug-likeness (QED) is 0.503. The second-order valence-electron chi connectivity index (χ2n) is 7.75. The molecule has 2 aliphatic heterocycles. The Morgan fingerprint density at radius 3 is 2.71 bits per heavy atom. The van der Waals surface area contributed by atoms with Crippen molar-refractivity contribution in [1.82, 2.24) is 15.2 Å². The molecule has 4 rings (SSSR count). The smallest absolute Gasteiger partial charge is 0.414 e. The summed E-state index contributed by atoms with van der Waals surface area (Å²) in [7, 11) is 1.44. The highest BCUT2D eigenvalue weighted by Crippen LogP contribution is 2.28. The molecule has 12 heteroatoms. The highest BCUT2D eigenvalue weighted by molar-refractivity contribution is 7.80. The van der Waals surface area contributed by atoms with Crippen molar-refractivity contribution in [3.05, 3.63) is 53.9 Å². The Bertz CT molecular complexity index is 1100. The van der Waals surface area contributed by atoms with Crippen LogP contribution in [0.25, 0.3) is 0 Å². The fourth-order valence-corrected chi connectivity index (χ4v) is 3.98. The molecule has 0 unspecified atom stereocenters. The van der Waals surface area contributed by atoms with E-state index in [4.69, 9.17) is 21.7 Å². The van der Waals surface area contributed by atoms with Gasteiger partial charge in [0.1, 0.15) is 11.9 Å². The number of rotatable bonds is 5. The van der Waals surface area contributed by atoms with E-state index in [-0.39, 0.29) is 23.8 Å². The first-order chi connectivity index (χ1) is 16.4. The van der Waals surface area contributed by atoms with Gasteiger partial charge in [-0.05, 0) is 42.5 Å². The molecule has 34 heavy (non-hydrogen) atoms. The number of aromatic nitrogens is 1. The highest BCUT2D eigenvalue weighted by atomic mass is 32.1. The number of carbonyl (C=O) groups excluding carboxylic acids is 2. The predicted molar refractivity (Wildman–Crippen MR) is 124 cm³/mol. The van der Waals surface area contributed by atoms with Gasteiger partial charge in [0, 0.05) is 32.4 Å². The van der Waals surface area contributed by atoms with Crippen molar-refractivity contribution in [2.75, 3.05) is 56.2 Å². The van der Waals surface area contributed by atoms with Crippen molar-refractivity contribution >= 4 is 40.8 Å². The predicted octanol–water partition coefficient (Wildman–Crippen LogP) is 2.17. The molecule has 1 atom stereocenters. The van der Waals surface area contributed by atoms with Crippen molar-refractivity contribution in [2.24, 2.45) is 0 Å². The standard InChI is InChI=1S/C22H23F2N5O4S/c1-32-21(34)26-12-15-13-29(22(31)33-15)14-4-5-18(17(23)11-14)27-7-9-28(10-8-27)20(30)16-3-2-6-25-19(16)24/h2-6,11,15H,7-10,12-13H2,1H3,(H,26,34)/t15-/m0/s1. The van der Waals surface area contributed by atoms with E-state index in [1.54, 1.807) is 12.1 Å². The number of benzene rings is 1. The van der Waals surface area contributed by atoms with Crippen LogP contribution in [0.2, 0.25) is 0 Å². The minimum absolute atomic E-state index is 0.0819. The van der Waals surface area contributed by atoms with E-state index in [0.29, 0.717) is 37.6 Å². The van der Waals surface area contributed by atoms with Crippen molar-refractivity contribution in [1.29, 1.82) is 0 Å². The van der Waals surface area contributed by atoms with Crippen molar-refractivity contribution in [2.45, 2.75) is 6.10 Å². The molecule has 0 aliphatic carbocycles. The zero-order valence-electron chi connectivity index (χ0n) is 18.4. The molecule has 3 heterocycles. The number of nitrogens with zero attached hydrogens (tertiary/aromatic N) is 4. The summed E-state index contributed by atoms with van der Waals surface area (Å²) in [6.45, 7) is 1.89. The van der Waals surface area contributed by atoms with Crippen LogP contribution in [-0.2, 0) is 9.47 Å². The minimum Gasteiger partial charge on any atom is -0.474 e. The molecule has 2 saturated heterocycles. The highest BCUT2D eigenvalue weighted by Gasteiger charge is 2.33. The van der Waals surface area contributed by atoms with Crippen LogP contribution in [0, 0.1) is 11.8 Å². The van der Waals surface area contributed by atoms with Gasteiger partial charge < -0.3 is 24.6 Å². The van der Waals surface area contributed by atoms with E-state index >= 15 is 0 Å². The van der Waals surface area contributed by atoms with E-state index in [1.165, 1.54) is 41.3 Å². The lowest BCUT2D eigenvalue weighted by molar-refractivity contribution is 0.0740. The van der Waals surface area contributed by atoms with Crippen LogP contribution in [0.3, 0.4) is 0 Å². The number of thiocarbonyl (C=S) groups is 1. The number of ether oxygens (including phenoxy) is 2. The molecule has 0 spiro atoms. The third-order valence-electron chi connectivity index (χ3n) is 5.67. The van der Waals surface area contributed by atoms with Crippen molar-refractivity contribution in [3.63, 3.8) is 0 Å². The van der Waals surface area contributed by atoms with Crippen LogP contribution in [0.1, 0.15) is 10.4 Å². The zero-order chi connectivity index (χ0) is 24.2. The summed E-state index contributed by atoms with van der Waals surface area (Å²) in [6, 6.07) is 7.44. The number of hydrogen-bond donors (Lipinski definition) is 1. The molecule has 1 aromatic heterocycles. The van der Waals surface area contributed by atoms with Gasteiger partial charge in [0.2, 0.25) is 5.95 Å². The second-order valence-corrected chi connectivity index (χ2v) is 8.12. The van der Waals surface area contributed by atoms with Gasteiger partial charge in [-0.3, -0.25) is 9.69 Å². The number of halogens is 2. The van der Waals surface area contributed by atoms with Gasteiger partial charge in [-0.2, -0.15) is 4.39 Å². The topological polar surface area (TPSA) is 87.2 Å². The van der Waals surface area contributed by atoms with Crippen LogP contribution in [-0.4, -0.2) is 79.5 Å². The Balaban J connectivity index is 1.37. The van der Waals surface area contributed by atoms with Gasteiger partial charge in [0.05, 0.1) is 37.1 Å². The second kappa shape index (κ2) is 10.2. The van der Waals surface area contributed by atoms with Gasteiger partial charge in [-0.15, -0.1) is 0 Å². The molecule has 1 aromatic carbocycles. The van der Waals surface area contributed by atoms with Gasteiger partial charge in [0.25, 0.3) is 11.1 Å². The fourth-order valence-electron chi connectivity index (χ4n) is 3.89. The zero-order valence-corrected chi connectivity index (χ0v) is 19.2. The van der Waals surface area contributed by atoms with E-state index in [0.717, 1.165) is 0 Å². The fraction of sp³-hybridized carbons (Fsp3) is 0.364. The summed E-state index contributed by atoms with van der Waals surface area (Å²) in [5.41, 5.74) is 0.657. The number of pyridine rings is 1. The molecule has 2 fully saturated rings. The number of carbonyl (C=O) groups is 2. The molecule has 9 nitrogen and oxygen atoms in total. The molecule has 2 aromatic rings. The molecule has 0 radical (unpaired) electrons. The molecule has 0 bridgehead atoms. The summed E-state index contributed by atoms with van der Waals surface area (Å²) in [5, 5.41) is 3.02. The molecule has 1 N–H and O–H groups in total. The summed E-state index contributed by atoms with van der Waals surface area (Å²) in [5.74, 6) is -1.74. The third-order valence-corrected chi connectivity index (χ3v) is 5.98. The Kier molecular flexibility index (Phi) is 7.06. The number of piperazine rings is 1. The third kappa shape index (κ3) is 5.01. The first-order valence-electron chi connectivity index (χ1n) is 10.6. The lowest BCUT2D eigenvalue weighted by Crippen LogP contribution is -2.49. The first kappa shape index (κ1) is 23.6. The van der Waals surface area contributed by atoms with Crippen LogP contribution >= 0.6 is 12.2 Å². The number of amides is 2. The van der Waals surface area contributed by atoms with Crippen LogP contribution in [0.5, 0.6) is 0 Å². The average Bonchev–Trinajstić information content (AvgIpc) is 3.23. The monoisotopic (exact) mass is 491 g/mol. The lowest BCUT2D eigenvalue weighted by Gasteiger charge is -2.36. The van der Waals surface area contributed by atoms with E-state index in [9.17, 15) is 18.4 Å². The van der Waals surface area contributed by atoms with E-state index in [2.05, 4.69) is 10.3 Å². The number of cyclic esters (lactones) is 1. The summed E-state index contributed by atoms with van der Waals surface area (Å²) < 4.78 is 39.0. The van der Waals surface area contributed by atoms with Gasteiger partial charge in [-0.25, -0.2) is 14.2 Å². The normalized spacial score (nSPS) is 18.0. The summed E-state index contributed by atoms with van der Waals surface area (Å²) >= 11 is 4.90. The Labute approximate surface area is 200 Å². The SMILES string of the molecule is COC(=S)NC[C@H]1CN(c2ccc(N3CCN(C(=O)c4cccnc4F)CC3)c(F)c2)C(=O)O1. The molecule has 2 amide bonds. The summed E-state index contributed by atoms with van der Waals surface area (Å²) in [6.07, 6.45) is 0.252. The lowest BCUT2D eigenvalue weighted by atomic mass is 10.2. The summed E-state index contributed by atoms with van der Waals surface area (Å²) in [4.78, 5) is 33.0. The molecule has 2 aliphatic rings. The van der Waals surface area contributed by atoms with E-state index in [1.807, 2.05) is 4.90 Å². The Morgan fingerprint density at radius 2 is 2.03 bits per heavy atom. The number of nitrogens with one attached hydrogen (secondary N) is 1. The number of methoxy groups -OCH3 is 1.